The van der Waals surface area contributed by atoms with Gasteiger partial charge in [-0.2, -0.15) is 0 Å². The molecular weight excluding hydrogens is 454 g/mol. The lowest BCUT2D eigenvalue weighted by molar-refractivity contribution is -0.137. The van der Waals surface area contributed by atoms with E-state index in [9.17, 15) is 9.59 Å². The van der Waals surface area contributed by atoms with E-state index in [0.29, 0.717) is 19.4 Å². The molecule has 4 rings (SSSR count). The minimum atomic E-state index is -0.838. The van der Waals surface area contributed by atoms with Gasteiger partial charge in [0, 0.05) is 58.0 Å². The molecule has 7 heteroatoms. The third-order valence-corrected chi connectivity index (χ3v) is 7.71. The molecule has 2 aliphatic rings. The molecule has 1 N–H and O–H groups in total. The standard InChI is InChI=1S/C29H39N3O4/c33-27(9-5-10-28(34)35)32-18-14-29(15-19-32)13-4-3-7-25-6-1-2-8-26(25)36-21-20-31(23-29)22-24-11-16-30-17-12-24/h1-2,6,8,11-12,16-17H,3-5,7,9-10,13-15,18-23H2,(H,34,35). The number of aryl methyl sites for hydroxylation is 1. The van der Waals surface area contributed by atoms with E-state index in [-0.39, 0.29) is 17.7 Å². The number of ether oxygens (including phenoxy) is 1. The van der Waals surface area contributed by atoms with Crippen LogP contribution >= 0.6 is 0 Å². The molecule has 194 valence electrons. The van der Waals surface area contributed by atoms with Crippen LogP contribution in [0.5, 0.6) is 5.75 Å². The molecule has 1 fully saturated rings. The smallest absolute Gasteiger partial charge is 0.303 e. The maximum absolute atomic E-state index is 12.7. The maximum Gasteiger partial charge on any atom is 0.303 e. The van der Waals surface area contributed by atoms with Crippen LogP contribution in [0.2, 0.25) is 0 Å². The van der Waals surface area contributed by atoms with Gasteiger partial charge in [-0.05, 0) is 73.3 Å². The topological polar surface area (TPSA) is 83.0 Å². The van der Waals surface area contributed by atoms with Crippen molar-refractivity contribution >= 4 is 11.9 Å². The first kappa shape index (κ1) is 26.1. The summed E-state index contributed by atoms with van der Waals surface area (Å²) in [5, 5.41) is 8.88. The summed E-state index contributed by atoms with van der Waals surface area (Å²) in [6.07, 6.45) is 10.9. The predicted octanol–water partition coefficient (Wildman–Crippen LogP) is 4.55. The minimum Gasteiger partial charge on any atom is -0.492 e. The Balaban J connectivity index is 1.45. The Kier molecular flexibility index (Phi) is 9.34. The van der Waals surface area contributed by atoms with Crippen LogP contribution in [0.15, 0.2) is 48.8 Å². The van der Waals surface area contributed by atoms with Gasteiger partial charge in [-0.1, -0.05) is 24.6 Å². The summed E-state index contributed by atoms with van der Waals surface area (Å²) in [4.78, 5) is 32.1. The Morgan fingerprint density at radius 1 is 0.972 bits per heavy atom. The molecule has 0 bridgehead atoms. The molecule has 0 saturated carbocycles. The Bertz CT molecular complexity index is 989. The number of fused-ring (bicyclic) bond motifs is 1. The second-order valence-electron chi connectivity index (χ2n) is 10.4. The van der Waals surface area contributed by atoms with Crippen LogP contribution in [0.1, 0.15) is 62.5 Å². The second kappa shape index (κ2) is 12.9. The van der Waals surface area contributed by atoms with E-state index < -0.39 is 5.97 Å². The fourth-order valence-corrected chi connectivity index (χ4v) is 5.65. The molecule has 2 aromatic rings. The lowest BCUT2D eigenvalue weighted by atomic mass is 9.73. The first-order valence-corrected chi connectivity index (χ1v) is 13.3. The largest absolute Gasteiger partial charge is 0.492 e. The number of carbonyl (C=O) groups is 2. The fourth-order valence-electron chi connectivity index (χ4n) is 5.65. The molecule has 7 nitrogen and oxygen atoms in total. The van der Waals surface area contributed by atoms with Gasteiger partial charge in [-0.15, -0.1) is 0 Å². The molecule has 1 spiro atoms. The van der Waals surface area contributed by atoms with Crippen LogP contribution in [-0.4, -0.2) is 64.6 Å². The van der Waals surface area contributed by atoms with Crippen LogP contribution in [0.3, 0.4) is 0 Å². The number of hydrogen-bond acceptors (Lipinski definition) is 5. The van der Waals surface area contributed by atoms with Gasteiger partial charge < -0.3 is 14.7 Å². The minimum absolute atomic E-state index is 0.0542. The van der Waals surface area contributed by atoms with Crippen molar-refractivity contribution < 1.29 is 19.4 Å². The molecular formula is C29H39N3O4. The van der Waals surface area contributed by atoms with Gasteiger partial charge >= 0.3 is 5.97 Å². The molecule has 3 heterocycles. The highest BCUT2D eigenvalue weighted by atomic mass is 16.5. The highest BCUT2D eigenvalue weighted by Crippen LogP contribution is 2.39. The predicted molar refractivity (Wildman–Crippen MR) is 139 cm³/mol. The van der Waals surface area contributed by atoms with Gasteiger partial charge in [0.25, 0.3) is 0 Å². The third kappa shape index (κ3) is 7.53. The molecule has 36 heavy (non-hydrogen) atoms. The highest BCUT2D eigenvalue weighted by molar-refractivity contribution is 5.77. The number of benzene rings is 1. The number of pyridine rings is 1. The van der Waals surface area contributed by atoms with E-state index in [1.165, 1.54) is 11.1 Å². The molecule has 1 saturated heterocycles. The lowest BCUT2D eigenvalue weighted by Crippen LogP contribution is -2.48. The fraction of sp³-hybridized carbons (Fsp3) is 0.552. The number of likely N-dealkylation sites (tertiary alicyclic amines) is 1. The van der Waals surface area contributed by atoms with E-state index in [1.54, 1.807) is 0 Å². The van der Waals surface area contributed by atoms with Crippen molar-refractivity contribution in [1.82, 2.24) is 14.8 Å². The molecule has 2 aliphatic heterocycles. The van der Waals surface area contributed by atoms with Crippen molar-refractivity contribution in [1.29, 1.82) is 0 Å². The van der Waals surface area contributed by atoms with Crippen LogP contribution in [-0.2, 0) is 22.6 Å². The summed E-state index contributed by atoms with van der Waals surface area (Å²) in [6, 6.07) is 12.6. The van der Waals surface area contributed by atoms with E-state index in [1.807, 2.05) is 23.4 Å². The van der Waals surface area contributed by atoms with Crippen molar-refractivity contribution in [3.05, 3.63) is 59.9 Å². The Morgan fingerprint density at radius 3 is 2.53 bits per heavy atom. The van der Waals surface area contributed by atoms with Crippen molar-refractivity contribution in [2.45, 2.75) is 64.3 Å². The number of nitrogens with zero attached hydrogens (tertiary/aromatic N) is 3. The number of para-hydroxylation sites is 1. The SMILES string of the molecule is O=C(O)CCCC(=O)N1CCC2(CCCCc3ccccc3OCCN(Cc3ccncc3)C2)CC1. The quantitative estimate of drug-likeness (QED) is 0.636. The number of amides is 1. The molecule has 1 aromatic heterocycles. The molecule has 1 aromatic carbocycles. The van der Waals surface area contributed by atoms with Crippen molar-refractivity contribution in [3.8, 4) is 5.75 Å². The van der Waals surface area contributed by atoms with Crippen LogP contribution < -0.4 is 4.74 Å². The van der Waals surface area contributed by atoms with Gasteiger partial charge in [-0.3, -0.25) is 19.5 Å². The third-order valence-electron chi connectivity index (χ3n) is 7.71. The van der Waals surface area contributed by atoms with Gasteiger partial charge in [-0.25, -0.2) is 0 Å². The zero-order valence-electron chi connectivity index (χ0n) is 21.2. The molecule has 1 amide bonds. The normalized spacial score (nSPS) is 18.9. The van der Waals surface area contributed by atoms with Crippen molar-refractivity contribution in [2.24, 2.45) is 5.41 Å². The number of aromatic nitrogens is 1. The Hall–Kier alpha value is -2.93. The zero-order chi connectivity index (χ0) is 25.2. The van der Waals surface area contributed by atoms with E-state index >= 15 is 0 Å². The van der Waals surface area contributed by atoms with Crippen LogP contribution in [0, 0.1) is 5.41 Å². The van der Waals surface area contributed by atoms with E-state index in [2.05, 4.69) is 40.2 Å². The molecule has 0 radical (unpaired) electrons. The summed E-state index contributed by atoms with van der Waals surface area (Å²) in [7, 11) is 0. The van der Waals surface area contributed by atoms with Crippen molar-refractivity contribution in [2.75, 3.05) is 32.8 Å². The number of aliphatic carboxylic acids is 1. The second-order valence-corrected chi connectivity index (χ2v) is 10.4. The summed E-state index contributed by atoms with van der Waals surface area (Å²) in [6.45, 7) is 4.85. The average molecular weight is 494 g/mol. The van der Waals surface area contributed by atoms with Gasteiger partial charge in [0.15, 0.2) is 0 Å². The number of hydrogen-bond donors (Lipinski definition) is 1. The van der Waals surface area contributed by atoms with Gasteiger partial charge in [0.2, 0.25) is 5.91 Å². The highest BCUT2D eigenvalue weighted by Gasteiger charge is 2.37. The van der Waals surface area contributed by atoms with Gasteiger partial charge in [0.05, 0.1) is 0 Å². The number of carbonyl (C=O) groups excluding carboxylic acids is 1. The maximum atomic E-state index is 12.7. The summed E-state index contributed by atoms with van der Waals surface area (Å²) < 4.78 is 6.26. The average Bonchev–Trinajstić information content (AvgIpc) is 2.87. The summed E-state index contributed by atoms with van der Waals surface area (Å²) in [5.74, 6) is 0.263. The number of piperidine rings is 1. The first-order chi connectivity index (χ1) is 17.5. The Morgan fingerprint density at radius 2 is 1.75 bits per heavy atom. The van der Waals surface area contributed by atoms with Crippen molar-refractivity contribution in [3.63, 3.8) is 0 Å². The zero-order valence-corrected chi connectivity index (χ0v) is 21.2. The lowest BCUT2D eigenvalue weighted by Gasteiger charge is -2.45. The monoisotopic (exact) mass is 493 g/mol. The summed E-state index contributed by atoms with van der Waals surface area (Å²) >= 11 is 0. The molecule has 0 unspecified atom stereocenters. The van der Waals surface area contributed by atoms with Crippen LogP contribution in [0.4, 0.5) is 0 Å². The number of carboxylic acids is 1. The van der Waals surface area contributed by atoms with E-state index in [4.69, 9.17) is 9.84 Å². The summed E-state index contributed by atoms with van der Waals surface area (Å²) in [5.41, 5.74) is 2.71. The molecule has 0 aliphatic carbocycles. The van der Waals surface area contributed by atoms with E-state index in [0.717, 1.165) is 77.0 Å². The first-order valence-electron chi connectivity index (χ1n) is 13.3. The number of rotatable bonds is 6. The van der Waals surface area contributed by atoms with Gasteiger partial charge in [0.1, 0.15) is 12.4 Å². The number of carboxylic acid groups (broad SMARTS) is 1. The van der Waals surface area contributed by atoms with Crippen LogP contribution in [0.25, 0.3) is 0 Å². The Labute approximate surface area is 214 Å². The molecule has 0 atom stereocenters.